The highest BCUT2D eigenvalue weighted by molar-refractivity contribution is 5.87. The van der Waals surface area contributed by atoms with Gasteiger partial charge in [0, 0.05) is 17.0 Å². The van der Waals surface area contributed by atoms with E-state index < -0.39 is 23.7 Å². The number of carbonyl (C=O) groups excluding carboxylic acids is 1. The van der Waals surface area contributed by atoms with Crippen LogP contribution in [0.3, 0.4) is 0 Å². The fourth-order valence-electron chi connectivity index (χ4n) is 6.17. The second kappa shape index (κ2) is 12.0. The van der Waals surface area contributed by atoms with Gasteiger partial charge < -0.3 is 20.7 Å². The van der Waals surface area contributed by atoms with Gasteiger partial charge in [0.05, 0.1) is 17.7 Å². The van der Waals surface area contributed by atoms with Crippen LogP contribution in [0, 0.1) is 5.41 Å². The molecule has 1 amide bonds. The van der Waals surface area contributed by atoms with E-state index in [1.807, 2.05) is 37.3 Å². The molecule has 0 unspecified atom stereocenters. The minimum atomic E-state index is -0.921. The average molecular weight is 561 g/mol. The number of nitrogens with two attached hydrogens (primary N) is 1. The van der Waals surface area contributed by atoms with Gasteiger partial charge in [-0.05, 0) is 73.4 Å². The van der Waals surface area contributed by atoms with Crippen molar-refractivity contribution in [3.8, 4) is 0 Å². The van der Waals surface area contributed by atoms with Crippen LogP contribution >= 0.6 is 0 Å². The number of hydrogen-bond acceptors (Lipinski definition) is 8. The highest BCUT2D eigenvalue weighted by Gasteiger charge is 2.50. The third-order valence-electron chi connectivity index (χ3n) is 8.49. The number of aliphatic hydroxyl groups is 2. The second-order valence-electron chi connectivity index (χ2n) is 11.6. The Morgan fingerprint density at radius 3 is 2.68 bits per heavy atom. The molecule has 3 heterocycles. The summed E-state index contributed by atoms with van der Waals surface area (Å²) in [6.07, 6.45) is 4.58. The standard InChI is InChI=1S/C31H40N6O4/c1-4-6-21(7-5-2)41-30(40)36-26-13-10-20-9-8-19(16-23(20)35-26)14-15-31(3)17-22(27(38)28(31)39)24-11-12-25-29(32)33-18-34-37(24)25/h8-13,16,18,21-22,27-28,38-39H,4-7,14-15,17H2,1-3H3,(H2,32,33,34)(H,35,36,40)/t22-,27-,28-,31-/m0/s1. The summed E-state index contributed by atoms with van der Waals surface area (Å²) in [5.41, 5.74) is 8.82. The Morgan fingerprint density at radius 1 is 1.17 bits per heavy atom. The normalized spacial score (nSPS) is 22.5. The van der Waals surface area contributed by atoms with E-state index in [1.165, 1.54) is 6.33 Å². The van der Waals surface area contributed by atoms with Crippen molar-refractivity contribution in [1.82, 2.24) is 19.6 Å². The van der Waals surface area contributed by atoms with Crippen molar-refractivity contribution in [2.24, 2.45) is 5.41 Å². The summed E-state index contributed by atoms with van der Waals surface area (Å²) in [6, 6.07) is 13.5. The smallest absolute Gasteiger partial charge is 0.413 e. The zero-order chi connectivity index (χ0) is 29.1. The molecule has 1 aliphatic carbocycles. The predicted octanol–water partition coefficient (Wildman–Crippen LogP) is 5.23. The molecule has 1 aliphatic rings. The van der Waals surface area contributed by atoms with Crippen molar-refractivity contribution in [3.63, 3.8) is 0 Å². The van der Waals surface area contributed by atoms with Crippen LogP contribution in [0.2, 0.25) is 0 Å². The van der Waals surface area contributed by atoms with E-state index in [0.29, 0.717) is 36.4 Å². The van der Waals surface area contributed by atoms with Crippen LogP contribution in [0.15, 0.2) is 48.8 Å². The van der Waals surface area contributed by atoms with Gasteiger partial charge in [0.15, 0.2) is 5.82 Å². The molecule has 0 bridgehead atoms. The number of nitrogens with one attached hydrogen (secondary N) is 1. The van der Waals surface area contributed by atoms with E-state index in [2.05, 4.69) is 40.3 Å². The topological polar surface area (TPSA) is 148 Å². The lowest BCUT2D eigenvalue weighted by Gasteiger charge is -2.28. The molecule has 0 spiro atoms. The van der Waals surface area contributed by atoms with Crippen molar-refractivity contribution in [2.75, 3.05) is 11.1 Å². The Balaban J connectivity index is 1.27. The number of aryl methyl sites for hydroxylation is 1. The van der Waals surface area contributed by atoms with Gasteiger partial charge in [-0.15, -0.1) is 0 Å². The van der Waals surface area contributed by atoms with E-state index in [1.54, 1.807) is 10.6 Å². The molecule has 1 aromatic carbocycles. The van der Waals surface area contributed by atoms with E-state index in [0.717, 1.165) is 47.8 Å². The van der Waals surface area contributed by atoms with Gasteiger partial charge in [0.2, 0.25) is 0 Å². The fraction of sp³-hybridized carbons (Fsp3) is 0.484. The molecule has 41 heavy (non-hydrogen) atoms. The summed E-state index contributed by atoms with van der Waals surface area (Å²) in [5, 5.41) is 30.3. The Morgan fingerprint density at radius 2 is 1.93 bits per heavy atom. The zero-order valence-electron chi connectivity index (χ0n) is 24.0. The molecule has 218 valence electrons. The van der Waals surface area contributed by atoms with Crippen LogP contribution in [0.25, 0.3) is 16.4 Å². The number of ether oxygens (including phenoxy) is 1. The lowest BCUT2D eigenvalue weighted by Crippen LogP contribution is -2.34. The number of aliphatic hydroxyl groups excluding tert-OH is 2. The molecule has 0 radical (unpaired) electrons. The maximum Gasteiger partial charge on any atom is 0.413 e. The maximum atomic E-state index is 12.5. The van der Waals surface area contributed by atoms with Crippen molar-refractivity contribution < 1.29 is 19.7 Å². The monoisotopic (exact) mass is 560 g/mol. The summed E-state index contributed by atoms with van der Waals surface area (Å²) < 4.78 is 7.32. The highest BCUT2D eigenvalue weighted by atomic mass is 16.6. The number of benzene rings is 1. The summed E-state index contributed by atoms with van der Waals surface area (Å²) >= 11 is 0. The Kier molecular flexibility index (Phi) is 8.42. The maximum absolute atomic E-state index is 12.5. The lowest BCUT2D eigenvalue weighted by molar-refractivity contribution is -0.0204. The van der Waals surface area contributed by atoms with E-state index >= 15 is 0 Å². The fourth-order valence-corrected chi connectivity index (χ4v) is 6.17. The molecule has 4 aromatic rings. The number of fused-ring (bicyclic) bond motifs is 2. The first-order chi connectivity index (χ1) is 19.7. The molecule has 3 aromatic heterocycles. The SMILES string of the molecule is CCCC(CCC)OC(=O)Nc1ccc2ccc(CC[C@@]3(C)C[C@@H](c4ccc5c(N)ncnn45)[C@H](O)[C@@H]3O)cc2n1. The van der Waals surface area contributed by atoms with Crippen molar-refractivity contribution in [1.29, 1.82) is 0 Å². The van der Waals surface area contributed by atoms with Crippen molar-refractivity contribution >= 4 is 34.1 Å². The number of amides is 1. The van der Waals surface area contributed by atoms with Crippen molar-refractivity contribution in [3.05, 3.63) is 60.0 Å². The Hall–Kier alpha value is -3.76. The molecular formula is C31H40N6O4. The second-order valence-corrected chi connectivity index (χ2v) is 11.6. The number of nitrogen functional groups attached to an aromatic ring is 1. The van der Waals surface area contributed by atoms with Crippen LogP contribution in [-0.4, -0.2) is 54.2 Å². The number of carbonyl (C=O) groups is 1. The summed E-state index contributed by atoms with van der Waals surface area (Å²) in [6.45, 7) is 6.19. The van der Waals surface area contributed by atoms with Crippen LogP contribution in [0.4, 0.5) is 16.4 Å². The van der Waals surface area contributed by atoms with Crippen LogP contribution in [0.1, 0.15) is 76.5 Å². The van der Waals surface area contributed by atoms with Crippen LogP contribution in [0.5, 0.6) is 0 Å². The van der Waals surface area contributed by atoms with E-state index in [-0.39, 0.29) is 12.0 Å². The van der Waals surface area contributed by atoms with Crippen molar-refractivity contribution in [2.45, 2.75) is 89.9 Å². The van der Waals surface area contributed by atoms with E-state index in [9.17, 15) is 15.0 Å². The molecule has 0 aliphatic heterocycles. The minimum Gasteiger partial charge on any atom is -0.446 e. The van der Waals surface area contributed by atoms with Gasteiger partial charge in [-0.3, -0.25) is 5.32 Å². The van der Waals surface area contributed by atoms with Gasteiger partial charge in [0.25, 0.3) is 0 Å². The minimum absolute atomic E-state index is 0.0923. The first-order valence-electron chi connectivity index (χ1n) is 14.5. The number of hydrogen-bond donors (Lipinski definition) is 4. The lowest BCUT2D eigenvalue weighted by atomic mass is 9.80. The summed E-state index contributed by atoms with van der Waals surface area (Å²) in [5.74, 6) is 0.534. The Labute approximate surface area is 240 Å². The summed E-state index contributed by atoms with van der Waals surface area (Å²) in [7, 11) is 0. The molecule has 4 atom stereocenters. The number of aromatic nitrogens is 4. The molecule has 10 heteroatoms. The zero-order valence-corrected chi connectivity index (χ0v) is 24.0. The number of nitrogens with zero attached hydrogens (tertiary/aromatic N) is 4. The van der Waals surface area contributed by atoms with Gasteiger partial charge in [-0.25, -0.2) is 19.3 Å². The summed E-state index contributed by atoms with van der Waals surface area (Å²) in [4.78, 5) is 21.2. The third-order valence-corrected chi connectivity index (χ3v) is 8.49. The van der Waals surface area contributed by atoms with Crippen LogP contribution < -0.4 is 11.1 Å². The van der Waals surface area contributed by atoms with Gasteiger partial charge in [0.1, 0.15) is 23.8 Å². The molecular weight excluding hydrogens is 520 g/mol. The average Bonchev–Trinajstić information content (AvgIpc) is 3.48. The quantitative estimate of drug-likeness (QED) is 0.206. The number of anilines is 2. The molecule has 5 N–H and O–H groups in total. The first kappa shape index (κ1) is 28.8. The molecule has 5 rings (SSSR count). The third kappa shape index (κ3) is 5.99. The van der Waals surface area contributed by atoms with Gasteiger partial charge >= 0.3 is 6.09 Å². The van der Waals surface area contributed by atoms with Crippen LogP contribution in [-0.2, 0) is 11.2 Å². The Bertz CT molecular complexity index is 1520. The number of pyridine rings is 1. The first-order valence-corrected chi connectivity index (χ1v) is 14.5. The van der Waals surface area contributed by atoms with E-state index in [4.69, 9.17) is 10.5 Å². The molecule has 0 saturated heterocycles. The van der Waals surface area contributed by atoms with Gasteiger partial charge in [-0.2, -0.15) is 5.10 Å². The largest absolute Gasteiger partial charge is 0.446 e. The molecule has 1 fully saturated rings. The number of rotatable bonds is 10. The van der Waals surface area contributed by atoms with Gasteiger partial charge in [-0.1, -0.05) is 45.7 Å². The highest BCUT2D eigenvalue weighted by Crippen LogP contribution is 2.49. The predicted molar refractivity (Wildman–Crippen MR) is 159 cm³/mol. The molecule has 1 saturated carbocycles. The molecule has 10 nitrogen and oxygen atoms in total.